The lowest BCUT2D eigenvalue weighted by molar-refractivity contribution is -0.144. The lowest BCUT2D eigenvalue weighted by Crippen LogP contribution is -2.42. The molecule has 0 aliphatic carbocycles. The molecule has 1 unspecified atom stereocenters. The van der Waals surface area contributed by atoms with Gasteiger partial charge in [0, 0.05) is 26.2 Å². The second-order valence-electron chi connectivity index (χ2n) is 12.6. The Hall–Kier alpha value is -4.23. The summed E-state index contributed by atoms with van der Waals surface area (Å²) in [5, 5.41) is 12.2. The summed E-state index contributed by atoms with van der Waals surface area (Å²) in [6.07, 6.45) is 0.576. The standard InChI is InChI=1S/C33H42F2N6O5/c1-6-40-20-27(28(46-40)23-12-13-25(34)26(35)18-23)36-31(42)37-29-21(2)30(38-41(29)24-10-8-7-9-11-24)44-17-15-22-14-16-39(19-22)32(43)45-33(3,4)5/h7-13,18,22,27-28H,6,14-17,19-20H2,1-5H3,(H2,36,37,42)/t22?,27-,28+/m1/s1. The largest absolute Gasteiger partial charge is 0.476 e. The lowest BCUT2D eigenvalue weighted by atomic mass is 10.0. The van der Waals surface area contributed by atoms with Crippen LogP contribution < -0.4 is 15.4 Å². The van der Waals surface area contributed by atoms with Gasteiger partial charge in [0.25, 0.3) is 0 Å². The van der Waals surface area contributed by atoms with Gasteiger partial charge in [-0.1, -0.05) is 31.2 Å². The molecule has 13 heteroatoms. The molecule has 3 heterocycles. The van der Waals surface area contributed by atoms with Gasteiger partial charge in [-0.15, -0.1) is 5.10 Å². The highest BCUT2D eigenvalue weighted by Gasteiger charge is 2.37. The number of aromatic nitrogens is 2. The van der Waals surface area contributed by atoms with E-state index in [1.54, 1.807) is 14.6 Å². The minimum atomic E-state index is -0.984. The maximum absolute atomic E-state index is 14.0. The summed E-state index contributed by atoms with van der Waals surface area (Å²) >= 11 is 0. The average Bonchev–Trinajstić information content (AvgIpc) is 3.73. The van der Waals surface area contributed by atoms with Gasteiger partial charge in [0.1, 0.15) is 17.5 Å². The summed E-state index contributed by atoms with van der Waals surface area (Å²) in [7, 11) is 0. The summed E-state index contributed by atoms with van der Waals surface area (Å²) in [6, 6.07) is 11.9. The van der Waals surface area contributed by atoms with Gasteiger partial charge in [0.05, 0.1) is 23.9 Å². The number of likely N-dealkylation sites (tertiary alicyclic amines) is 1. The lowest BCUT2D eigenvalue weighted by Gasteiger charge is -2.24. The number of carbonyl (C=O) groups excluding carboxylic acids is 2. The van der Waals surface area contributed by atoms with E-state index in [9.17, 15) is 18.4 Å². The van der Waals surface area contributed by atoms with Crippen LogP contribution >= 0.6 is 0 Å². The van der Waals surface area contributed by atoms with Crippen molar-refractivity contribution in [3.05, 3.63) is 71.3 Å². The molecule has 2 fully saturated rings. The van der Waals surface area contributed by atoms with Crippen LogP contribution in [0.25, 0.3) is 5.69 Å². The van der Waals surface area contributed by atoms with E-state index in [0.29, 0.717) is 55.6 Å². The number of likely N-dealkylation sites (N-methyl/N-ethyl adjacent to an activating group) is 1. The number of anilines is 1. The van der Waals surface area contributed by atoms with Crippen molar-refractivity contribution in [1.29, 1.82) is 0 Å². The van der Waals surface area contributed by atoms with E-state index in [0.717, 1.165) is 30.7 Å². The number of halogens is 2. The molecule has 11 nitrogen and oxygen atoms in total. The summed E-state index contributed by atoms with van der Waals surface area (Å²) in [5.74, 6) is -0.868. The molecule has 2 saturated heterocycles. The molecule has 2 N–H and O–H groups in total. The second kappa shape index (κ2) is 14.0. The van der Waals surface area contributed by atoms with Gasteiger partial charge in [0.15, 0.2) is 11.6 Å². The van der Waals surface area contributed by atoms with E-state index in [-0.39, 0.29) is 12.0 Å². The number of nitrogens with one attached hydrogen (secondary N) is 2. The normalized spacial score (nSPS) is 20.2. The summed E-state index contributed by atoms with van der Waals surface area (Å²) in [6.45, 7) is 11.8. The number of para-hydroxylation sites is 1. The average molecular weight is 641 g/mol. The highest BCUT2D eigenvalue weighted by molar-refractivity contribution is 5.90. The molecule has 2 aromatic carbocycles. The predicted octanol–water partition coefficient (Wildman–Crippen LogP) is 5.98. The van der Waals surface area contributed by atoms with Crippen LogP contribution in [0.15, 0.2) is 48.5 Å². The van der Waals surface area contributed by atoms with Crippen molar-refractivity contribution in [1.82, 2.24) is 25.1 Å². The molecule has 2 aliphatic heterocycles. The highest BCUT2D eigenvalue weighted by atomic mass is 19.2. The van der Waals surface area contributed by atoms with Crippen molar-refractivity contribution in [2.45, 2.75) is 65.2 Å². The molecule has 0 saturated carbocycles. The molecule has 2 aliphatic rings. The third-order valence-corrected chi connectivity index (χ3v) is 7.98. The van der Waals surface area contributed by atoms with Crippen LogP contribution in [-0.4, -0.2) is 76.3 Å². The third kappa shape index (κ3) is 7.94. The van der Waals surface area contributed by atoms with Crippen molar-refractivity contribution < 1.29 is 32.7 Å². The Kier molecular flexibility index (Phi) is 10.1. The topological polar surface area (TPSA) is 110 Å². The fraction of sp³-hybridized carbons (Fsp3) is 0.485. The van der Waals surface area contributed by atoms with Gasteiger partial charge in [-0.05, 0) is 76.3 Å². The minimum Gasteiger partial charge on any atom is -0.476 e. The van der Waals surface area contributed by atoms with E-state index in [1.165, 1.54) is 6.07 Å². The highest BCUT2D eigenvalue weighted by Crippen LogP contribution is 2.32. The Morgan fingerprint density at radius 2 is 1.85 bits per heavy atom. The first-order valence-electron chi connectivity index (χ1n) is 15.6. The number of rotatable bonds is 9. The van der Waals surface area contributed by atoms with Crippen molar-refractivity contribution in [2.75, 3.05) is 38.1 Å². The third-order valence-electron chi connectivity index (χ3n) is 7.98. The van der Waals surface area contributed by atoms with Crippen LogP contribution in [0.3, 0.4) is 0 Å². The zero-order chi connectivity index (χ0) is 33.0. The number of ether oxygens (including phenoxy) is 2. The first-order valence-corrected chi connectivity index (χ1v) is 15.6. The van der Waals surface area contributed by atoms with Crippen molar-refractivity contribution in [2.24, 2.45) is 5.92 Å². The minimum absolute atomic E-state index is 0.270. The molecule has 0 spiro atoms. The Balaban J connectivity index is 1.26. The molecule has 1 aromatic heterocycles. The summed E-state index contributed by atoms with van der Waals surface area (Å²) < 4.78 is 40.9. The molecule has 46 heavy (non-hydrogen) atoms. The Morgan fingerprint density at radius 1 is 1.09 bits per heavy atom. The van der Waals surface area contributed by atoms with E-state index in [2.05, 4.69) is 15.7 Å². The van der Waals surface area contributed by atoms with Gasteiger partial charge in [-0.2, -0.15) is 5.06 Å². The molecule has 0 radical (unpaired) electrons. The molecular weight excluding hydrogens is 598 g/mol. The van der Waals surface area contributed by atoms with Gasteiger partial charge < -0.3 is 19.7 Å². The number of hydroxylamine groups is 2. The summed E-state index contributed by atoms with van der Waals surface area (Å²) in [5.41, 5.74) is 1.23. The number of hydrogen-bond acceptors (Lipinski definition) is 7. The fourth-order valence-corrected chi connectivity index (χ4v) is 5.61. The number of amides is 3. The Morgan fingerprint density at radius 3 is 2.54 bits per heavy atom. The van der Waals surface area contributed by atoms with Crippen LogP contribution in [0.1, 0.15) is 57.8 Å². The molecule has 5 rings (SSSR count). The number of nitrogens with zero attached hydrogens (tertiary/aromatic N) is 4. The smallest absolute Gasteiger partial charge is 0.410 e. The van der Waals surface area contributed by atoms with Crippen LogP contribution in [0.2, 0.25) is 0 Å². The SMILES string of the molecule is CCN1C[C@@H](NC(=O)Nc2c(C)c(OCCC3CCN(C(=O)OC(C)(C)C)C3)nn2-c2ccccc2)[C@H](c2ccc(F)c(F)c2)O1. The number of urea groups is 1. The maximum atomic E-state index is 14.0. The quantitative estimate of drug-likeness (QED) is 0.296. The van der Waals surface area contributed by atoms with E-state index in [1.807, 2.05) is 65.0 Å². The van der Waals surface area contributed by atoms with Crippen LogP contribution in [0, 0.1) is 24.5 Å². The second-order valence-corrected chi connectivity index (χ2v) is 12.6. The monoisotopic (exact) mass is 640 g/mol. The number of benzene rings is 2. The van der Waals surface area contributed by atoms with Gasteiger partial charge in [-0.25, -0.2) is 23.1 Å². The Labute approximate surface area is 267 Å². The van der Waals surface area contributed by atoms with Crippen LogP contribution in [0.5, 0.6) is 5.88 Å². The predicted molar refractivity (Wildman–Crippen MR) is 168 cm³/mol. The van der Waals surface area contributed by atoms with E-state index >= 15 is 0 Å². The van der Waals surface area contributed by atoms with E-state index in [4.69, 9.17) is 14.3 Å². The van der Waals surface area contributed by atoms with Crippen molar-refractivity contribution in [3.8, 4) is 11.6 Å². The Bertz CT molecular complexity index is 1530. The number of hydrogen-bond donors (Lipinski definition) is 2. The molecule has 0 bridgehead atoms. The first kappa shape index (κ1) is 33.1. The van der Waals surface area contributed by atoms with E-state index < -0.39 is 35.4 Å². The zero-order valence-corrected chi connectivity index (χ0v) is 26.9. The molecule has 3 atom stereocenters. The zero-order valence-electron chi connectivity index (χ0n) is 26.9. The molecule has 248 valence electrons. The van der Waals surface area contributed by atoms with Crippen molar-refractivity contribution in [3.63, 3.8) is 0 Å². The van der Waals surface area contributed by atoms with Gasteiger partial charge in [-0.3, -0.25) is 10.2 Å². The van der Waals surface area contributed by atoms with Gasteiger partial charge in [0.2, 0.25) is 5.88 Å². The molecule has 3 aromatic rings. The maximum Gasteiger partial charge on any atom is 0.410 e. The molecule has 3 amide bonds. The van der Waals surface area contributed by atoms with Crippen molar-refractivity contribution >= 4 is 17.9 Å². The first-order chi connectivity index (χ1) is 21.9. The van der Waals surface area contributed by atoms with Crippen LogP contribution in [-0.2, 0) is 9.57 Å². The fourth-order valence-electron chi connectivity index (χ4n) is 5.61. The molecular formula is C33H42F2N6O5. The van der Waals surface area contributed by atoms with Crippen LogP contribution in [0.4, 0.5) is 24.2 Å². The summed E-state index contributed by atoms with van der Waals surface area (Å²) in [4.78, 5) is 33.5. The van der Waals surface area contributed by atoms with Gasteiger partial charge >= 0.3 is 12.1 Å². The number of carbonyl (C=O) groups is 2.